The molecule has 1 aromatic heterocycles. The number of pyridine rings is 1. The molecule has 3 rings (SSSR count). The van der Waals surface area contributed by atoms with Gasteiger partial charge in [-0.3, -0.25) is 4.99 Å². The highest BCUT2D eigenvalue weighted by molar-refractivity contribution is 6.33. The number of aromatic nitrogens is 1. The van der Waals surface area contributed by atoms with Crippen molar-refractivity contribution in [2.24, 2.45) is 4.99 Å². The van der Waals surface area contributed by atoms with Gasteiger partial charge in [0.25, 0.3) is 0 Å². The van der Waals surface area contributed by atoms with Crippen molar-refractivity contribution in [1.82, 2.24) is 15.2 Å². The number of nitrogens with one attached hydrogen (secondary N) is 2. The van der Waals surface area contributed by atoms with Crippen LogP contribution < -0.4 is 15.5 Å². The van der Waals surface area contributed by atoms with Crippen molar-refractivity contribution in [3.63, 3.8) is 0 Å². The van der Waals surface area contributed by atoms with Crippen LogP contribution in [0.4, 0.5) is 11.5 Å². The second-order valence-corrected chi connectivity index (χ2v) is 7.16. The van der Waals surface area contributed by atoms with Crippen LogP contribution in [0.2, 0.25) is 5.02 Å². The predicted molar refractivity (Wildman–Crippen MR) is 119 cm³/mol. The number of benzene rings is 1. The van der Waals surface area contributed by atoms with Crippen LogP contribution in [-0.4, -0.2) is 62.2 Å². The molecule has 0 saturated carbocycles. The standard InChI is InChI=1S/C21H29ClN6/c1-23-21(26-13-7-6-12-25-20-10-4-5-11-24-20)28-16-14-27(15-17-28)19-9-3-2-8-18(19)22/h2-5,8-11H,6-7,12-17H2,1H3,(H,23,26)(H,24,25). The Morgan fingerprint density at radius 3 is 2.50 bits per heavy atom. The molecule has 6 nitrogen and oxygen atoms in total. The minimum Gasteiger partial charge on any atom is -0.370 e. The summed E-state index contributed by atoms with van der Waals surface area (Å²) in [5.41, 5.74) is 1.12. The molecule has 0 radical (unpaired) electrons. The third-order valence-electron chi connectivity index (χ3n) is 4.84. The van der Waals surface area contributed by atoms with Gasteiger partial charge in [-0.2, -0.15) is 0 Å². The van der Waals surface area contributed by atoms with E-state index in [0.29, 0.717) is 0 Å². The third kappa shape index (κ3) is 5.76. The largest absolute Gasteiger partial charge is 0.370 e. The molecule has 0 amide bonds. The first-order valence-corrected chi connectivity index (χ1v) is 10.3. The number of guanidine groups is 1. The van der Waals surface area contributed by atoms with Gasteiger partial charge in [0.2, 0.25) is 0 Å². The smallest absolute Gasteiger partial charge is 0.193 e. The number of para-hydroxylation sites is 1. The Labute approximate surface area is 172 Å². The van der Waals surface area contributed by atoms with Crippen molar-refractivity contribution in [3.8, 4) is 0 Å². The van der Waals surface area contributed by atoms with E-state index < -0.39 is 0 Å². The summed E-state index contributed by atoms with van der Waals surface area (Å²) in [7, 11) is 1.85. The van der Waals surface area contributed by atoms with Crippen LogP contribution in [0.5, 0.6) is 0 Å². The highest BCUT2D eigenvalue weighted by Gasteiger charge is 2.20. The molecule has 28 heavy (non-hydrogen) atoms. The molecule has 1 fully saturated rings. The minimum atomic E-state index is 0.817. The summed E-state index contributed by atoms with van der Waals surface area (Å²) in [6.07, 6.45) is 3.97. The SMILES string of the molecule is CN=C(NCCCCNc1ccccn1)N1CCN(c2ccccc2Cl)CC1. The first-order valence-electron chi connectivity index (χ1n) is 9.88. The Morgan fingerprint density at radius 1 is 1.04 bits per heavy atom. The number of nitrogens with zero attached hydrogens (tertiary/aromatic N) is 4. The zero-order valence-electron chi connectivity index (χ0n) is 16.4. The highest BCUT2D eigenvalue weighted by atomic mass is 35.5. The molecule has 7 heteroatoms. The van der Waals surface area contributed by atoms with E-state index in [4.69, 9.17) is 11.6 Å². The monoisotopic (exact) mass is 400 g/mol. The fourth-order valence-corrected chi connectivity index (χ4v) is 3.59. The van der Waals surface area contributed by atoms with Gasteiger partial charge in [0, 0.05) is 52.5 Å². The summed E-state index contributed by atoms with van der Waals surface area (Å²) in [6, 6.07) is 14.0. The number of hydrogen-bond acceptors (Lipinski definition) is 4. The quantitative estimate of drug-likeness (QED) is 0.424. The number of rotatable bonds is 7. The van der Waals surface area contributed by atoms with E-state index in [1.807, 2.05) is 43.4 Å². The van der Waals surface area contributed by atoms with Crippen molar-refractivity contribution in [2.45, 2.75) is 12.8 Å². The maximum atomic E-state index is 6.33. The van der Waals surface area contributed by atoms with E-state index in [2.05, 4.69) is 36.5 Å². The topological polar surface area (TPSA) is 55.8 Å². The lowest BCUT2D eigenvalue weighted by Gasteiger charge is -2.38. The third-order valence-corrected chi connectivity index (χ3v) is 5.16. The van der Waals surface area contributed by atoms with E-state index in [1.54, 1.807) is 6.20 Å². The van der Waals surface area contributed by atoms with E-state index in [0.717, 1.165) is 74.6 Å². The number of anilines is 2. The summed E-state index contributed by atoms with van der Waals surface area (Å²) >= 11 is 6.33. The Balaban J connectivity index is 1.35. The predicted octanol–water partition coefficient (Wildman–Crippen LogP) is 3.32. The van der Waals surface area contributed by atoms with Gasteiger partial charge in [-0.05, 0) is 37.1 Å². The normalized spacial score (nSPS) is 14.9. The zero-order chi connectivity index (χ0) is 19.6. The Hall–Kier alpha value is -2.47. The number of halogens is 1. The second kappa shape index (κ2) is 10.8. The Bertz CT molecular complexity index is 744. The summed E-state index contributed by atoms with van der Waals surface area (Å²) < 4.78 is 0. The lowest BCUT2D eigenvalue weighted by Crippen LogP contribution is -2.52. The van der Waals surface area contributed by atoms with Crippen LogP contribution in [0.15, 0.2) is 53.7 Å². The van der Waals surface area contributed by atoms with Gasteiger partial charge in [-0.25, -0.2) is 4.98 Å². The molecule has 1 saturated heterocycles. The average molecular weight is 401 g/mol. The van der Waals surface area contributed by atoms with E-state index in [9.17, 15) is 0 Å². The molecule has 1 aliphatic rings. The molecule has 0 atom stereocenters. The van der Waals surface area contributed by atoms with Crippen molar-refractivity contribution < 1.29 is 0 Å². The molecule has 2 heterocycles. The van der Waals surface area contributed by atoms with Crippen LogP contribution in [0.3, 0.4) is 0 Å². The summed E-state index contributed by atoms with van der Waals surface area (Å²) in [6.45, 7) is 5.60. The number of unbranched alkanes of at least 4 members (excludes halogenated alkanes) is 1. The lowest BCUT2D eigenvalue weighted by atomic mass is 10.2. The van der Waals surface area contributed by atoms with Gasteiger partial charge in [0.05, 0.1) is 10.7 Å². The lowest BCUT2D eigenvalue weighted by molar-refractivity contribution is 0.372. The summed E-state index contributed by atoms with van der Waals surface area (Å²) in [5.74, 6) is 1.92. The molecule has 0 aliphatic carbocycles. The van der Waals surface area contributed by atoms with Gasteiger partial charge < -0.3 is 20.4 Å². The van der Waals surface area contributed by atoms with Crippen LogP contribution in [-0.2, 0) is 0 Å². The van der Waals surface area contributed by atoms with Crippen molar-refractivity contribution >= 4 is 29.1 Å². The van der Waals surface area contributed by atoms with Crippen molar-refractivity contribution in [1.29, 1.82) is 0 Å². The molecule has 150 valence electrons. The Kier molecular flexibility index (Phi) is 7.79. The number of aliphatic imine (C=N–C) groups is 1. The van der Waals surface area contributed by atoms with Crippen LogP contribution in [0.1, 0.15) is 12.8 Å². The molecule has 1 aliphatic heterocycles. The maximum absolute atomic E-state index is 6.33. The fourth-order valence-electron chi connectivity index (χ4n) is 3.33. The molecule has 1 aromatic carbocycles. The van der Waals surface area contributed by atoms with Gasteiger partial charge in [-0.15, -0.1) is 0 Å². The average Bonchev–Trinajstić information content (AvgIpc) is 2.75. The number of piperazine rings is 1. The van der Waals surface area contributed by atoms with E-state index in [1.165, 1.54) is 0 Å². The van der Waals surface area contributed by atoms with Gasteiger partial charge in [-0.1, -0.05) is 29.8 Å². The van der Waals surface area contributed by atoms with Gasteiger partial charge in [0.15, 0.2) is 5.96 Å². The highest BCUT2D eigenvalue weighted by Crippen LogP contribution is 2.25. The molecule has 0 spiro atoms. The molecule has 2 N–H and O–H groups in total. The molecule has 0 bridgehead atoms. The van der Waals surface area contributed by atoms with Crippen molar-refractivity contribution in [2.75, 3.05) is 56.5 Å². The van der Waals surface area contributed by atoms with E-state index >= 15 is 0 Å². The summed E-state index contributed by atoms with van der Waals surface area (Å²) in [4.78, 5) is 13.4. The maximum Gasteiger partial charge on any atom is 0.193 e. The molecular weight excluding hydrogens is 372 g/mol. The fraction of sp³-hybridized carbons (Fsp3) is 0.429. The van der Waals surface area contributed by atoms with Gasteiger partial charge >= 0.3 is 0 Å². The second-order valence-electron chi connectivity index (χ2n) is 6.75. The first-order chi connectivity index (χ1) is 13.8. The minimum absolute atomic E-state index is 0.817. The van der Waals surface area contributed by atoms with Crippen LogP contribution in [0.25, 0.3) is 0 Å². The van der Waals surface area contributed by atoms with E-state index in [-0.39, 0.29) is 0 Å². The van der Waals surface area contributed by atoms with Crippen molar-refractivity contribution in [3.05, 3.63) is 53.7 Å². The zero-order valence-corrected chi connectivity index (χ0v) is 17.2. The summed E-state index contributed by atoms with van der Waals surface area (Å²) in [5, 5.41) is 7.65. The first kappa shape index (κ1) is 20.3. The van der Waals surface area contributed by atoms with Crippen LogP contribution in [0, 0.1) is 0 Å². The molecule has 0 unspecified atom stereocenters. The number of hydrogen-bond donors (Lipinski definition) is 2. The molecular formula is C21H29ClN6. The van der Waals surface area contributed by atoms with Crippen LogP contribution >= 0.6 is 11.6 Å². The Morgan fingerprint density at radius 2 is 1.79 bits per heavy atom. The molecule has 2 aromatic rings. The van der Waals surface area contributed by atoms with Gasteiger partial charge in [0.1, 0.15) is 5.82 Å².